The minimum absolute atomic E-state index is 0.103. The first kappa shape index (κ1) is 17.6. The van der Waals surface area contributed by atoms with Crippen molar-refractivity contribution in [3.8, 4) is 17.6 Å². The number of rotatable bonds is 8. The van der Waals surface area contributed by atoms with Crippen molar-refractivity contribution in [2.45, 2.75) is 39.2 Å². The zero-order valence-corrected chi connectivity index (χ0v) is 13.4. The molecule has 116 valence electrons. The fourth-order valence-corrected chi connectivity index (χ4v) is 2.05. The average molecular weight is 289 g/mol. The van der Waals surface area contributed by atoms with Crippen LogP contribution in [0.25, 0.3) is 0 Å². The van der Waals surface area contributed by atoms with Crippen LogP contribution in [-0.4, -0.2) is 42.9 Å². The van der Waals surface area contributed by atoms with Crippen LogP contribution in [0.3, 0.4) is 0 Å². The molecule has 1 rings (SSSR count). The highest BCUT2D eigenvalue weighted by Gasteiger charge is 2.07. The smallest absolute Gasteiger partial charge is 0.120 e. The van der Waals surface area contributed by atoms with Crippen LogP contribution in [0.15, 0.2) is 24.3 Å². The summed E-state index contributed by atoms with van der Waals surface area (Å²) < 4.78 is 5.79. The molecule has 0 aromatic heterocycles. The number of benzene rings is 1. The van der Waals surface area contributed by atoms with Gasteiger partial charge in [0.25, 0.3) is 0 Å². The Balaban J connectivity index is 2.42. The van der Waals surface area contributed by atoms with Crippen LogP contribution in [0.4, 0.5) is 0 Å². The van der Waals surface area contributed by atoms with Crippen LogP contribution >= 0.6 is 0 Å². The van der Waals surface area contributed by atoms with E-state index in [1.54, 1.807) is 0 Å². The highest BCUT2D eigenvalue weighted by atomic mass is 16.5. The Kier molecular flexibility index (Phi) is 8.57. The van der Waals surface area contributed by atoms with Crippen LogP contribution in [-0.2, 0) is 0 Å². The van der Waals surface area contributed by atoms with Crippen molar-refractivity contribution in [1.29, 1.82) is 0 Å². The standard InChI is InChI=1S/C18H27NO2/c1-4-8-16(2)19(3)12-14-21-18-11-7-10-17(15-18)9-5-6-13-20/h7,10-11,15-16,20H,4,6,8,12-14H2,1-3H3. The Morgan fingerprint density at radius 2 is 2.19 bits per heavy atom. The van der Waals surface area contributed by atoms with E-state index in [9.17, 15) is 0 Å². The molecule has 1 atom stereocenters. The number of ether oxygens (including phenoxy) is 1. The molecule has 3 heteroatoms. The van der Waals surface area contributed by atoms with Gasteiger partial charge in [-0.3, -0.25) is 0 Å². The molecule has 3 nitrogen and oxygen atoms in total. The van der Waals surface area contributed by atoms with Crippen molar-refractivity contribution in [3.63, 3.8) is 0 Å². The maximum atomic E-state index is 8.72. The molecule has 0 saturated carbocycles. The summed E-state index contributed by atoms with van der Waals surface area (Å²) in [7, 11) is 2.14. The van der Waals surface area contributed by atoms with Gasteiger partial charge in [-0.1, -0.05) is 31.3 Å². The molecule has 0 bridgehead atoms. The molecule has 0 aliphatic rings. The van der Waals surface area contributed by atoms with E-state index in [4.69, 9.17) is 9.84 Å². The van der Waals surface area contributed by atoms with Crippen molar-refractivity contribution in [3.05, 3.63) is 29.8 Å². The molecule has 1 N–H and O–H groups in total. The molecule has 21 heavy (non-hydrogen) atoms. The quantitative estimate of drug-likeness (QED) is 0.747. The number of hydrogen-bond donors (Lipinski definition) is 1. The van der Waals surface area contributed by atoms with Crippen LogP contribution in [0.2, 0.25) is 0 Å². The molecule has 0 radical (unpaired) electrons. The third kappa shape index (κ3) is 7.17. The highest BCUT2D eigenvalue weighted by Crippen LogP contribution is 2.13. The molecule has 0 heterocycles. The molecule has 0 spiro atoms. The van der Waals surface area contributed by atoms with E-state index in [0.29, 0.717) is 19.1 Å². The number of aliphatic hydroxyl groups is 1. The largest absolute Gasteiger partial charge is 0.492 e. The molecule has 0 aliphatic carbocycles. The number of likely N-dealkylation sites (N-methyl/N-ethyl adjacent to an activating group) is 1. The van der Waals surface area contributed by atoms with Gasteiger partial charge in [0.05, 0.1) is 6.61 Å². The number of aliphatic hydroxyl groups excluding tert-OH is 1. The third-order valence-corrected chi connectivity index (χ3v) is 3.48. The number of nitrogens with zero attached hydrogens (tertiary/aromatic N) is 1. The van der Waals surface area contributed by atoms with Gasteiger partial charge >= 0.3 is 0 Å². The molecule has 0 aliphatic heterocycles. The molecular weight excluding hydrogens is 262 g/mol. The maximum Gasteiger partial charge on any atom is 0.120 e. The lowest BCUT2D eigenvalue weighted by atomic mass is 10.2. The maximum absolute atomic E-state index is 8.72. The van der Waals surface area contributed by atoms with Gasteiger partial charge in [0.1, 0.15) is 12.4 Å². The van der Waals surface area contributed by atoms with E-state index in [1.165, 1.54) is 12.8 Å². The summed E-state index contributed by atoms with van der Waals surface area (Å²) >= 11 is 0. The number of hydrogen-bond acceptors (Lipinski definition) is 3. The Morgan fingerprint density at radius 1 is 1.38 bits per heavy atom. The van der Waals surface area contributed by atoms with Gasteiger partial charge in [-0.2, -0.15) is 0 Å². The third-order valence-electron chi connectivity index (χ3n) is 3.48. The van der Waals surface area contributed by atoms with Crippen molar-refractivity contribution in [2.24, 2.45) is 0 Å². The molecule has 0 fully saturated rings. The second-order valence-corrected chi connectivity index (χ2v) is 5.27. The van der Waals surface area contributed by atoms with Crippen molar-refractivity contribution in [2.75, 3.05) is 26.8 Å². The topological polar surface area (TPSA) is 32.7 Å². The van der Waals surface area contributed by atoms with Crippen LogP contribution in [0, 0.1) is 11.8 Å². The van der Waals surface area contributed by atoms with E-state index in [0.717, 1.165) is 17.9 Å². The highest BCUT2D eigenvalue weighted by molar-refractivity contribution is 5.39. The Morgan fingerprint density at radius 3 is 2.90 bits per heavy atom. The summed E-state index contributed by atoms with van der Waals surface area (Å²) in [6.07, 6.45) is 2.93. The summed E-state index contributed by atoms with van der Waals surface area (Å²) in [4.78, 5) is 2.33. The van der Waals surface area contributed by atoms with E-state index in [1.807, 2.05) is 24.3 Å². The zero-order valence-electron chi connectivity index (χ0n) is 13.4. The zero-order chi connectivity index (χ0) is 15.5. The summed E-state index contributed by atoms with van der Waals surface area (Å²) in [6, 6.07) is 8.38. The predicted molar refractivity (Wildman–Crippen MR) is 87.5 cm³/mol. The average Bonchev–Trinajstić information content (AvgIpc) is 2.48. The van der Waals surface area contributed by atoms with Crippen molar-refractivity contribution in [1.82, 2.24) is 4.90 Å². The van der Waals surface area contributed by atoms with E-state index in [-0.39, 0.29) is 6.61 Å². The lowest BCUT2D eigenvalue weighted by Gasteiger charge is -2.24. The lowest BCUT2D eigenvalue weighted by Crippen LogP contribution is -2.32. The molecule has 1 aromatic carbocycles. The summed E-state index contributed by atoms with van der Waals surface area (Å²) in [5.41, 5.74) is 0.925. The molecule has 0 saturated heterocycles. The SMILES string of the molecule is CCCC(C)N(C)CCOc1cccc(C#CCCO)c1. The lowest BCUT2D eigenvalue weighted by molar-refractivity contribution is 0.193. The monoisotopic (exact) mass is 289 g/mol. The van der Waals surface area contributed by atoms with Crippen molar-refractivity contribution < 1.29 is 9.84 Å². The predicted octanol–water partition coefficient (Wildman–Crippen LogP) is 2.92. The Hall–Kier alpha value is -1.50. The van der Waals surface area contributed by atoms with E-state index in [2.05, 4.69) is 37.6 Å². The van der Waals surface area contributed by atoms with Gasteiger partial charge in [-0.25, -0.2) is 0 Å². The first-order valence-electron chi connectivity index (χ1n) is 7.70. The summed E-state index contributed by atoms with van der Waals surface area (Å²) in [5.74, 6) is 6.79. The molecular formula is C18H27NO2. The van der Waals surface area contributed by atoms with Crippen LogP contribution < -0.4 is 4.74 Å². The normalized spacial score (nSPS) is 11.9. The van der Waals surface area contributed by atoms with Gasteiger partial charge in [0.15, 0.2) is 0 Å². The van der Waals surface area contributed by atoms with E-state index < -0.39 is 0 Å². The first-order chi connectivity index (χ1) is 10.2. The van der Waals surface area contributed by atoms with Gasteiger partial charge in [-0.05, 0) is 38.6 Å². The van der Waals surface area contributed by atoms with Gasteiger partial charge in [-0.15, -0.1) is 0 Å². The summed E-state index contributed by atoms with van der Waals surface area (Å²) in [6.45, 7) is 6.16. The Bertz CT molecular complexity index is 462. The van der Waals surface area contributed by atoms with Crippen molar-refractivity contribution >= 4 is 0 Å². The molecule has 1 aromatic rings. The fourth-order valence-electron chi connectivity index (χ4n) is 2.05. The molecule has 0 amide bonds. The van der Waals surface area contributed by atoms with Gasteiger partial charge in [0, 0.05) is 24.6 Å². The second kappa shape index (κ2) is 10.3. The van der Waals surface area contributed by atoms with Crippen LogP contribution in [0.1, 0.15) is 38.7 Å². The summed E-state index contributed by atoms with van der Waals surface area (Å²) in [5, 5.41) is 8.72. The second-order valence-electron chi connectivity index (χ2n) is 5.27. The van der Waals surface area contributed by atoms with Gasteiger partial charge in [0.2, 0.25) is 0 Å². The minimum atomic E-state index is 0.103. The first-order valence-corrected chi connectivity index (χ1v) is 7.70. The Labute approximate surface area is 128 Å². The van der Waals surface area contributed by atoms with Crippen LogP contribution in [0.5, 0.6) is 5.75 Å². The fraction of sp³-hybridized carbons (Fsp3) is 0.556. The van der Waals surface area contributed by atoms with E-state index >= 15 is 0 Å². The molecule has 1 unspecified atom stereocenters. The van der Waals surface area contributed by atoms with Gasteiger partial charge < -0.3 is 14.7 Å². The minimum Gasteiger partial charge on any atom is -0.492 e.